The summed E-state index contributed by atoms with van der Waals surface area (Å²) in [6.45, 7) is 0. The third-order valence-electron chi connectivity index (χ3n) is 2.50. The fraction of sp³-hybridized carbons (Fsp3) is 0. The number of nitrogens with one attached hydrogen (secondary N) is 2. The van der Waals surface area contributed by atoms with Crippen molar-refractivity contribution in [1.29, 1.82) is 0 Å². The summed E-state index contributed by atoms with van der Waals surface area (Å²) in [4.78, 5) is 10.7. The van der Waals surface area contributed by atoms with Crippen molar-refractivity contribution in [3.8, 4) is 11.1 Å². The van der Waals surface area contributed by atoms with Gasteiger partial charge in [0.25, 0.3) is 0 Å². The lowest BCUT2D eigenvalue weighted by Crippen LogP contribution is -2.29. The molecule has 2 rings (SSSR count). The molecule has 0 spiro atoms. The van der Waals surface area contributed by atoms with E-state index in [1.165, 1.54) is 11.7 Å². The maximum absolute atomic E-state index is 10.7. The lowest BCUT2D eigenvalue weighted by Gasteiger charge is -2.01. The van der Waals surface area contributed by atoms with Gasteiger partial charge in [-0.1, -0.05) is 54.6 Å². The highest BCUT2D eigenvalue weighted by Crippen LogP contribution is 2.18. The van der Waals surface area contributed by atoms with Crippen LogP contribution in [0.2, 0.25) is 0 Å². The highest BCUT2D eigenvalue weighted by atomic mass is 16.5. The maximum atomic E-state index is 10.7. The molecule has 0 aliphatic heterocycles. The summed E-state index contributed by atoms with van der Waals surface area (Å²) < 4.78 is 0. The van der Waals surface area contributed by atoms with Crippen molar-refractivity contribution in [3.05, 3.63) is 60.2 Å². The van der Waals surface area contributed by atoms with Crippen molar-refractivity contribution in [2.45, 2.75) is 0 Å². The van der Waals surface area contributed by atoms with Crippen LogP contribution in [0, 0.1) is 0 Å². The third-order valence-corrected chi connectivity index (χ3v) is 2.50. The van der Waals surface area contributed by atoms with E-state index in [0.29, 0.717) is 0 Å². The molecule has 0 aliphatic carbocycles. The van der Waals surface area contributed by atoms with Crippen LogP contribution in [0.3, 0.4) is 0 Å². The summed E-state index contributed by atoms with van der Waals surface area (Å²) >= 11 is 0. The molecule has 0 aromatic heterocycles. The van der Waals surface area contributed by atoms with Gasteiger partial charge in [0.2, 0.25) is 0 Å². The van der Waals surface area contributed by atoms with Crippen molar-refractivity contribution in [2.75, 3.05) is 0 Å². The number of hydrogen-bond acceptors (Lipinski definition) is 3. The Morgan fingerprint density at radius 1 is 1.00 bits per heavy atom. The smallest absolute Gasteiger partial charge is 0.287 e. The first-order valence-electron chi connectivity index (χ1n) is 5.68. The normalized spacial score (nSPS) is 10.4. The Morgan fingerprint density at radius 3 is 2.26 bits per heavy atom. The number of hydrogen-bond donors (Lipinski definition) is 3. The number of carbonyl (C=O) groups excluding carboxylic acids is 1. The summed E-state index contributed by atoms with van der Waals surface area (Å²) in [5, 5.41) is 11.9. The molecule has 0 bridgehead atoms. The molecule has 3 N–H and O–H groups in total. The Kier molecular flexibility index (Phi) is 4.25. The van der Waals surface area contributed by atoms with Gasteiger partial charge in [0.05, 0.1) is 6.21 Å². The summed E-state index contributed by atoms with van der Waals surface area (Å²) in [5.74, 6) is 0. The van der Waals surface area contributed by atoms with Crippen LogP contribution in [0.15, 0.2) is 59.7 Å². The van der Waals surface area contributed by atoms with Crippen molar-refractivity contribution < 1.29 is 10.0 Å². The summed E-state index contributed by atoms with van der Waals surface area (Å²) in [6, 6.07) is 17.0. The Hall–Kier alpha value is -2.66. The molecule has 5 nitrogen and oxygen atoms in total. The van der Waals surface area contributed by atoms with Crippen LogP contribution in [0.25, 0.3) is 11.1 Å². The molecule has 0 radical (unpaired) electrons. The first-order valence-corrected chi connectivity index (χ1v) is 5.68. The lowest BCUT2D eigenvalue weighted by molar-refractivity contribution is 0.162. The molecule has 2 aromatic carbocycles. The average Bonchev–Trinajstić information content (AvgIpc) is 2.48. The van der Waals surface area contributed by atoms with E-state index in [0.717, 1.165) is 16.7 Å². The first kappa shape index (κ1) is 12.8. The molecule has 96 valence electrons. The maximum Gasteiger partial charge on any atom is 0.358 e. The summed E-state index contributed by atoms with van der Waals surface area (Å²) in [5.41, 5.74) is 6.61. The summed E-state index contributed by atoms with van der Waals surface area (Å²) in [6.07, 6.45) is 1.49. The molecule has 0 saturated carbocycles. The number of rotatable bonds is 3. The number of benzene rings is 2. The highest BCUT2D eigenvalue weighted by molar-refractivity contribution is 5.82. The van der Waals surface area contributed by atoms with E-state index in [-0.39, 0.29) is 0 Å². The van der Waals surface area contributed by atoms with Crippen LogP contribution < -0.4 is 10.9 Å². The largest absolute Gasteiger partial charge is 0.358 e. The van der Waals surface area contributed by atoms with Gasteiger partial charge in [0.1, 0.15) is 0 Å². The molecule has 2 aromatic rings. The molecule has 0 atom stereocenters. The van der Waals surface area contributed by atoms with E-state index < -0.39 is 6.03 Å². The van der Waals surface area contributed by atoms with Gasteiger partial charge in [-0.3, -0.25) is 5.21 Å². The second-order valence-corrected chi connectivity index (χ2v) is 3.80. The molecule has 0 aliphatic rings. The van der Waals surface area contributed by atoms with E-state index in [9.17, 15) is 4.79 Å². The van der Waals surface area contributed by atoms with Crippen LogP contribution >= 0.6 is 0 Å². The van der Waals surface area contributed by atoms with Crippen LogP contribution in [0.5, 0.6) is 0 Å². The first-order chi connectivity index (χ1) is 9.29. The van der Waals surface area contributed by atoms with Gasteiger partial charge in [-0.25, -0.2) is 15.7 Å². The van der Waals surface area contributed by atoms with Crippen LogP contribution in [-0.2, 0) is 0 Å². The van der Waals surface area contributed by atoms with Gasteiger partial charge in [-0.05, 0) is 16.7 Å². The van der Waals surface area contributed by atoms with Gasteiger partial charge >= 0.3 is 6.03 Å². The van der Waals surface area contributed by atoms with Gasteiger partial charge in [-0.2, -0.15) is 5.10 Å². The zero-order valence-electron chi connectivity index (χ0n) is 10.1. The fourth-order valence-corrected chi connectivity index (χ4v) is 1.58. The minimum absolute atomic E-state index is 0.780. The molecule has 2 amide bonds. The zero-order valence-corrected chi connectivity index (χ0v) is 10.1. The van der Waals surface area contributed by atoms with Gasteiger partial charge in [0, 0.05) is 0 Å². The monoisotopic (exact) mass is 255 g/mol. The van der Waals surface area contributed by atoms with Crippen LogP contribution in [0.1, 0.15) is 5.56 Å². The number of nitrogens with zero attached hydrogens (tertiary/aromatic N) is 1. The molecule has 19 heavy (non-hydrogen) atoms. The number of urea groups is 1. The Bertz CT molecular complexity index is 565. The highest BCUT2D eigenvalue weighted by Gasteiger charge is 1.96. The SMILES string of the molecule is O=C(NO)N/N=C/c1ccc(-c2ccccc2)cc1. The Balaban J connectivity index is 2.05. The second kappa shape index (κ2) is 6.32. The number of hydrazone groups is 1. The number of hydroxylamine groups is 1. The Morgan fingerprint density at radius 2 is 1.63 bits per heavy atom. The third kappa shape index (κ3) is 3.65. The van der Waals surface area contributed by atoms with Gasteiger partial charge in [0.15, 0.2) is 0 Å². The van der Waals surface area contributed by atoms with E-state index in [1.54, 1.807) is 0 Å². The van der Waals surface area contributed by atoms with Crippen molar-refractivity contribution >= 4 is 12.2 Å². The van der Waals surface area contributed by atoms with E-state index >= 15 is 0 Å². The van der Waals surface area contributed by atoms with Crippen LogP contribution in [-0.4, -0.2) is 17.5 Å². The standard InChI is InChI=1S/C14H13N3O2/c18-14(17-19)16-15-10-11-6-8-13(9-7-11)12-4-2-1-3-5-12/h1-10,19H,(H2,16,17,18)/b15-10+. The summed E-state index contributed by atoms with van der Waals surface area (Å²) in [7, 11) is 0. The number of carbonyl (C=O) groups is 1. The Labute approximate surface area is 110 Å². The number of amides is 2. The fourth-order valence-electron chi connectivity index (χ4n) is 1.58. The van der Waals surface area contributed by atoms with E-state index in [1.807, 2.05) is 54.6 Å². The minimum Gasteiger partial charge on any atom is -0.287 e. The lowest BCUT2D eigenvalue weighted by atomic mass is 10.0. The molecule has 5 heteroatoms. The van der Waals surface area contributed by atoms with Crippen molar-refractivity contribution in [2.24, 2.45) is 5.10 Å². The second-order valence-electron chi connectivity index (χ2n) is 3.80. The van der Waals surface area contributed by atoms with Gasteiger partial charge < -0.3 is 0 Å². The van der Waals surface area contributed by atoms with Crippen LogP contribution in [0.4, 0.5) is 4.79 Å². The molecule has 0 fully saturated rings. The molecular formula is C14H13N3O2. The van der Waals surface area contributed by atoms with Gasteiger partial charge in [-0.15, -0.1) is 0 Å². The predicted molar refractivity (Wildman–Crippen MR) is 72.9 cm³/mol. The topological polar surface area (TPSA) is 73.7 Å². The molecule has 0 unspecified atom stereocenters. The van der Waals surface area contributed by atoms with Crippen molar-refractivity contribution in [3.63, 3.8) is 0 Å². The van der Waals surface area contributed by atoms with E-state index in [4.69, 9.17) is 5.21 Å². The average molecular weight is 255 g/mol. The predicted octanol–water partition coefficient (Wildman–Crippen LogP) is 2.38. The molecule has 0 heterocycles. The zero-order chi connectivity index (χ0) is 13.5. The molecular weight excluding hydrogens is 242 g/mol. The quantitative estimate of drug-likeness (QED) is 0.447. The minimum atomic E-state index is -0.780. The van der Waals surface area contributed by atoms with Crippen molar-refractivity contribution in [1.82, 2.24) is 10.9 Å². The van der Waals surface area contributed by atoms with E-state index in [2.05, 4.69) is 10.5 Å². The molecule has 0 saturated heterocycles.